The Morgan fingerprint density at radius 3 is 2.55 bits per heavy atom. The van der Waals surface area contributed by atoms with E-state index in [-0.39, 0.29) is 18.4 Å². The van der Waals surface area contributed by atoms with Crippen molar-refractivity contribution in [1.29, 1.82) is 5.26 Å². The van der Waals surface area contributed by atoms with Crippen molar-refractivity contribution in [2.24, 2.45) is 0 Å². The van der Waals surface area contributed by atoms with Crippen LogP contribution in [-0.2, 0) is 20.9 Å². The van der Waals surface area contributed by atoms with Crippen molar-refractivity contribution in [3.05, 3.63) is 65.1 Å². The Bertz CT molecular complexity index is 1120. The van der Waals surface area contributed by atoms with Crippen molar-refractivity contribution in [2.45, 2.75) is 6.54 Å². The number of imide groups is 1. The highest BCUT2D eigenvalue weighted by atomic mass is 127. The van der Waals surface area contributed by atoms with Crippen LogP contribution in [0, 0.1) is 18.5 Å². The van der Waals surface area contributed by atoms with Crippen LogP contribution < -0.4 is 4.74 Å². The second-order valence-electron chi connectivity index (χ2n) is 6.22. The number of amides is 2. The maximum Gasteiger partial charge on any atom is 0.343 e. The first-order valence-electron chi connectivity index (χ1n) is 8.76. The zero-order valence-corrected chi connectivity index (χ0v) is 21.2. The third-order valence-electron chi connectivity index (χ3n) is 4.22. The van der Waals surface area contributed by atoms with Gasteiger partial charge in [-0.15, -0.1) is 0 Å². The number of rotatable bonds is 6. The van der Waals surface area contributed by atoms with Crippen LogP contribution in [0.1, 0.15) is 16.7 Å². The summed E-state index contributed by atoms with van der Waals surface area (Å²) in [7, 11) is 1.29. The predicted molar refractivity (Wildman–Crippen MR) is 132 cm³/mol. The molecule has 0 N–H and O–H groups in total. The first-order chi connectivity index (χ1) is 14.8. The highest BCUT2D eigenvalue weighted by molar-refractivity contribution is 14.1. The third kappa shape index (κ3) is 5.58. The van der Waals surface area contributed by atoms with Crippen molar-refractivity contribution < 1.29 is 23.9 Å². The van der Waals surface area contributed by atoms with Gasteiger partial charge in [0.25, 0.3) is 11.1 Å². The van der Waals surface area contributed by atoms with Gasteiger partial charge in [-0.25, -0.2) is 4.79 Å². The zero-order chi connectivity index (χ0) is 22.5. The molecule has 1 aliphatic heterocycles. The molecule has 2 aromatic carbocycles. The molecule has 1 aliphatic rings. The lowest BCUT2D eigenvalue weighted by molar-refractivity contribution is -0.143. The van der Waals surface area contributed by atoms with E-state index in [9.17, 15) is 19.6 Å². The summed E-state index contributed by atoms with van der Waals surface area (Å²) in [5.41, 5.74) is 1.77. The molecule has 0 unspecified atom stereocenters. The van der Waals surface area contributed by atoms with Gasteiger partial charge in [-0.05, 0) is 92.3 Å². The Labute approximate surface area is 210 Å². The lowest BCUT2D eigenvalue weighted by atomic mass is 10.1. The molecule has 0 bridgehead atoms. The van der Waals surface area contributed by atoms with Gasteiger partial charge in [0.05, 0.1) is 37.3 Å². The van der Waals surface area contributed by atoms with E-state index in [1.54, 1.807) is 42.5 Å². The number of benzene rings is 2. The smallest absolute Gasteiger partial charge is 0.343 e. The zero-order valence-electron chi connectivity index (χ0n) is 16.1. The van der Waals surface area contributed by atoms with Crippen LogP contribution in [0.2, 0.25) is 0 Å². The third-order valence-corrected chi connectivity index (χ3v) is 6.73. The molecule has 0 spiro atoms. The summed E-state index contributed by atoms with van der Waals surface area (Å²) in [6.45, 7) is -0.161. The molecule has 0 aromatic heterocycles. The largest absolute Gasteiger partial charge is 0.480 e. The van der Waals surface area contributed by atoms with Crippen molar-refractivity contribution in [2.75, 3.05) is 13.7 Å². The number of nitrogens with zero attached hydrogens (tertiary/aromatic N) is 2. The van der Waals surface area contributed by atoms with Crippen molar-refractivity contribution in [1.82, 2.24) is 4.90 Å². The molecule has 2 amide bonds. The van der Waals surface area contributed by atoms with Gasteiger partial charge in [-0.1, -0.05) is 18.2 Å². The number of carbonyl (C=O) groups excluding carboxylic acids is 3. The van der Waals surface area contributed by atoms with Gasteiger partial charge in [0.15, 0.2) is 6.61 Å². The Kier molecular flexibility index (Phi) is 7.95. The predicted octanol–water partition coefficient (Wildman–Crippen LogP) is 4.56. The molecule has 3 rings (SSSR count). The van der Waals surface area contributed by atoms with Crippen LogP contribution in [-0.4, -0.2) is 35.7 Å². The molecule has 2 aromatic rings. The molecule has 7 nitrogen and oxygen atoms in total. The SMILES string of the molecule is COC(=O)COc1c(I)cc(/C=C2/SC(=O)N(Cc3ccccc3C#N)C2=O)cc1I. The Morgan fingerprint density at radius 2 is 1.90 bits per heavy atom. The summed E-state index contributed by atoms with van der Waals surface area (Å²) < 4.78 is 11.6. The van der Waals surface area contributed by atoms with Gasteiger partial charge in [0, 0.05) is 0 Å². The molecule has 1 fully saturated rings. The van der Waals surface area contributed by atoms with E-state index in [2.05, 4.69) is 56.0 Å². The summed E-state index contributed by atoms with van der Waals surface area (Å²) in [4.78, 5) is 38.0. The van der Waals surface area contributed by atoms with Crippen LogP contribution in [0.5, 0.6) is 5.75 Å². The highest BCUT2D eigenvalue weighted by Gasteiger charge is 2.35. The monoisotopic (exact) mass is 660 g/mol. The van der Waals surface area contributed by atoms with E-state index in [0.29, 0.717) is 21.8 Å². The first-order valence-corrected chi connectivity index (χ1v) is 11.7. The standard InChI is InChI=1S/C21H14I2N2O5S/c1-29-18(26)11-30-19-15(22)6-12(7-16(19)23)8-17-20(27)25(21(28)31-17)10-14-5-3-2-4-13(14)9-24/h2-8H,10-11H2,1H3/b17-8+. The molecule has 1 saturated heterocycles. The van der Waals surface area contributed by atoms with E-state index in [4.69, 9.17) is 4.74 Å². The average molecular weight is 660 g/mol. The summed E-state index contributed by atoms with van der Waals surface area (Å²) in [6, 6.07) is 12.5. The Balaban J connectivity index is 1.81. The van der Waals surface area contributed by atoms with Gasteiger partial charge in [-0.3, -0.25) is 14.5 Å². The van der Waals surface area contributed by atoms with Crippen LogP contribution in [0.4, 0.5) is 4.79 Å². The van der Waals surface area contributed by atoms with Crippen molar-refractivity contribution in [3.63, 3.8) is 0 Å². The van der Waals surface area contributed by atoms with Crippen LogP contribution in [0.25, 0.3) is 6.08 Å². The first kappa shape index (κ1) is 23.6. The van der Waals surface area contributed by atoms with Crippen LogP contribution in [0.15, 0.2) is 41.3 Å². The summed E-state index contributed by atoms with van der Waals surface area (Å²) in [6.07, 6.45) is 1.65. The highest BCUT2D eigenvalue weighted by Crippen LogP contribution is 2.35. The summed E-state index contributed by atoms with van der Waals surface area (Å²) >= 11 is 5.03. The Hall–Kier alpha value is -2.11. The van der Waals surface area contributed by atoms with E-state index >= 15 is 0 Å². The minimum Gasteiger partial charge on any atom is -0.480 e. The summed E-state index contributed by atoms with van der Waals surface area (Å²) in [5, 5.41) is 8.85. The van der Waals surface area contributed by atoms with Crippen molar-refractivity contribution >= 4 is 80.1 Å². The molecule has 0 saturated carbocycles. The topological polar surface area (TPSA) is 96.7 Å². The van der Waals surface area contributed by atoms with Crippen LogP contribution >= 0.6 is 56.9 Å². The van der Waals surface area contributed by atoms with E-state index in [0.717, 1.165) is 29.4 Å². The number of nitriles is 1. The van der Waals surface area contributed by atoms with Gasteiger partial charge in [0.1, 0.15) is 5.75 Å². The minimum atomic E-state index is -0.484. The number of esters is 1. The molecule has 10 heteroatoms. The Morgan fingerprint density at radius 1 is 1.23 bits per heavy atom. The number of ether oxygens (including phenoxy) is 2. The van der Waals surface area contributed by atoms with Crippen LogP contribution in [0.3, 0.4) is 0 Å². The maximum absolute atomic E-state index is 12.8. The molecule has 0 radical (unpaired) electrons. The number of hydrogen-bond acceptors (Lipinski definition) is 7. The fourth-order valence-electron chi connectivity index (χ4n) is 2.72. The normalized spacial score (nSPS) is 14.6. The minimum absolute atomic E-state index is 0.0428. The quantitative estimate of drug-likeness (QED) is 0.255. The maximum atomic E-state index is 12.8. The molecule has 0 aliphatic carbocycles. The molecule has 0 atom stereocenters. The van der Waals surface area contributed by atoms with Gasteiger partial charge in [0.2, 0.25) is 0 Å². The van der Waals surface area contributed by atoms with E-state index in [1.165, 1.54) is 7.11 Å². The second kappa shape index (κ2) is 10.5. The molecular weight excluding hydrogens is 646 g/mol. The molecule has 1 heterocycles. The van der Waals surface area contributed by atoms with Crippen molar-refractivity contribution in [3.8, 4) is 11.8 Å². The van der Waals surface area contributed by atoms with E-state index < -0.39 is 11.9 Å². The molecular formula is C21H14I2N2O5S. The number of hydrogen-bond donors (Lipinski definition) is 0. The van der Waals surface area contributed by atoms with Gasteiger partial charge >= 0.3 is 5.97 Å². The second-order valence-corrected chi connectivity index (χ2v) is 9.53. The number of halogens is 2. The lowest BCUT2D eigenvalue weighted by Gasteiger charge is -2.13. The molecule has 158 valence electrons. The number of methoxy groups -OCH3 is 1. The van der Waals surface area contributed by atoms with Gasteiger partial charge < -0.3 is 9.47 Å². The molecule has 31 heavy (non-hydrogen) atoms. The lowest BCUT2D eigenvalue weighted by Crippen LogP contribution is -2.27. The number of carbonyl (C=O) groups is 3. The average Bonchev–Trinajstić information content (AvgIpc) is 3.00. The number of thioether (sulfide) groups is 1. The fourth-order valence-corrected chi connectivity index (χ4v) is 5.68. The summed E-state index contributed by atoms with van der Waals surface area (Å²) in [5.74, 6) is -0.342. The van der Waals surface area contributed by atoms with E-state index in [1.807, 2.05) is 0 Å². The van der Waals surface area contributed by atoms with Gasteiger partial charge in [-0.2, -0.15) is 5.26 Å². The fraction of sp³-hybridized carbons (Fsp3) is 0.143.